The second kappa shape index (κ2) is 6.73. The minimum absolute atomic E-state index is 0.0751. The van der Waals surface area contributed by atoms with Crippen molar-refractivity contribution in [3.63, 3.8) is 0 Å². The van der Waals surface area contributed by atoms with Crippen molar-refractivity contribution < 1.29 is 4.42 Å². The highest BCUT2D eigenvalue weighted by Gasteiger charge is 2.45. The molecule has 0 fully saturated rings. The highest BCUT2D eigenvalue weighted by Crippen LogP contribution is 2.44. The molecule has 3 nitrogen and oxygen atoms in total. The Bertz CT molecular complexity index is 1860. The molecular weight excluding hydrogens is 439 g/mol. The van der Waals surface area contributed by atoms with E-state index in [1.165, 1.54) is 69.2 Å². The normalized spacial score (nSPS) is 15.2. The maximum absolute atomic E-state index is 6.79. The van der Waals surface area contributed by atoms with E-state index in [9.17, 15) is 0 Å². The molecule has 1 aliphatic carbocycles. The number of anilines is 3. The van der Waals surface area contributed by atoms with Gasteiger partial charge in [-0.3, -0.25) is 0 Å². The van der Waals surface area contributed by atoms with Gasteiger partial charge in [-0.25, -0.2) is 0 Å². The molecule has 4 heterocycles. The molecule has 6 aromatic rings. The number of aryl methyl sites for hydroxylation is 1. The van der Waals surface area contributed by atoms with Gasteiger partial charge >= 0.3 is 0 Å². The van der Waals surface area contributed by atoms with E-state index in [4.69, 9.17) is 4.42 Å². The SMILES string of the molecule is c1ccc(N2c3cccc4c3B(c3oc5ccccc5c32)c2cccc3c5c(n-4c23)CCCC5)cc1. The fourth-order valence-corrected chi connectivity index (χ4v) is 7.21. The van der Waals surface area contributed by atoms with Crippen molar-refractivity contribution in [1.82, 2.24) is 4.57 Å². The van der Waals surface area contributed by atoms with Gasteiger partial charge in [0.25, 0.3) is 6.71 Å². The standard InChI is InChI=1S/C32H23BN2O/c1-2-10-20(11-3-1)34-26-17-9-18-27-29(26)33(32-31(34)23-13-5-7-19-28(23)36-32)24-15-8-14-22-21-12-4-6-16-25(21)35(27)30(22)24/h1-3,5,7-11,13-15,17-19H,4,6,12,16H2. The van der Waals surface area contributed by atoms with Gasteiger partial charge in [0.2, 0.25) is 0 Å². The third-order valence-corrected chi connectivity index (χ3v) is 8.56. The molecule has 36 heavy (non-hydrogen) atoms. The summed E-state index contributed by atoms with van der Waals surface area (Å²) in [6, 6.07) is 33.0. The average molecular weight is 462 g/mol. The number of hydrogen-bond donors (Lipinski definition) is 0. The number of aromatic nitrogens is 1. The Hall–Kier alpha value is -4.18. The van der Waals surface area contributed by atoms with Crippen LogP contribution in [0.5, 0.6) is 0 Å². The maximum atomic E-state index is 6.79. The van der Waals surface area contributed by atoms with E-state index < -0.39 is 0 Å². The average Bonchev–Trinajstić information content (AvgIpc) is 3.49. The van der Waals surface area contributed by atoms with Crippen molar-refractivity contribution >= 4 is 62.2 Å². The number of hydrogen-bond acceptors (Lipinski definition) is 2. The summed E-state index contributed by atoms with van der Waals surface area (Å²) in [6.45, 7) is 0.0751. The van der Waals surface area contributed by atoms with Crippen molar-refractivity contribution in [3.05, 3.63) is 102 Å². The van der Waals surface area contributed by atoms with Gasteiger partial charge in [0.05, 0.1) is 11.3 Å². The van der Waals surface area contributed by atoms with E-state index in [-0.39, 0.29) is 6.71 Å². The summed E-state index contributed by atoms with van der Waals surface area (Å²) in [5.41, 5.74) is 14.1. The van der Waals surface area contributed by atoms with E-state index in [0.717, 1.165) is 23.4 Å². The number of rotatable bonds is 1. The molecule has 170 valence electrons. The Kier molecular flexibility index (Phi) is 3.56. The van der Waals surface area contributed by atoms with Crippen LogP contribution in [0.3, 0.4) is 0 Å². The van der Waals surface area contributed by atoms with Crippen molar-refractivity contribution in [3.8, 4) is 5.69 Å². The predicted molar refractivity (Wildman–Crippen MR) is 149 cm³/mol. The number of nitrogens with zero attached hydrogens (tertiary/aromatic N) is 2. The molecule has 0 amide bonds. The summed E-state index contributed by atoms with van der Waals surface area (Å²) in [5.74, 6) is 0. The highest BCUT2D eigenvalue weighted by atomic mass is 16.3. The van der Waals surface area contributed by atoms with Crippen LogP contribution in [-0.2, 0) is 12.8 Å². The van der Waals surface area contributed by atoms with Crippen LogP contribution in [-0.4, -0.2) is 11.3 Å². The first-order valence-electron chi connectivity index (χ1n) is 13.0. The molecule has 2 aliphatic heterocycles. The van der Waals surface area contributed by atoms with Gasteiger partial charge in [0, 0.05) is 39.0 Å². The summed E-state index contributed by atoms with van der Waals surface area (Å²) in [6.07, 6.45) is 4.87. The van der Waals surface area contributed by atoms with Crippen molar-refractivity contribution in [2.24, 2.45) is 0 Å². The fraction of sp³-hybridized carbons (Fsp3) is 0.125. The van der Waals surface area contributed by atoms with Crippen LogP contribution >= 0.6 is 0 Å². The molecule has 0 radical (unpaired) electrons. The lowest BCUT2D eigenvalue weighted by atomic mass is 9.36. The minimum Gasteiger partial charge on any atom is -0.468 e. The highest BCUT2D eigenvalue weighted by molar-refractivity contribution is 6.99. The van der Waals surface area contributed by atoms with Gasteiger partial charge in [-0.05, 0) is 78.6 Å². The zero-order chi connectivity index (χ0) is 23.4. The molecule has 0 bridgehead atoms. The Labute approximate surface area is 209 Å². The van der Waals surface area contributed by atoms with Crippen LogP contribution in [0.1, 0.15) is 24.1 Å². The molecule has 2 aromatic heterocycles. The Balaban J connectivity index is 1.48. The van der Waals surface area contributed by atoms with Crippen LogP contribution < -0.4 is 21.5 Å². The van der Waals surface area contributed by atoms with Crippen LogP contribution in [0.2, 0.25) is 0 Å². The summed E-state index contributed by atoms with van der Waals surface area (Å²) in [5, 5.41) is 2.60. The minimum atomic E-state index is 0.0751. The lowest BCUT2D eigenvalue weighted by molar-refractivity contribution is 0.651. The van der Waals surface area contributed by atoms with Crippen molar-refractivity contribution in [2.45, 2.75) is 25.7 Å². The van der Waals surface area contributed by atoms with Gasteiger partial charge in [0.1, 0.15) is 5.58 Å². The third-order valence-electron chi connectivity index (χ3n) is 8.56. The molecule has 0 unspecified atom stereocenters. The molecule has 4 heteroatoms. The van der Waals surface area contributed by atoms with E-state index in [0.29, 0.717) is 0 Å². The van der Waals surface area contributed by atoms with Gasteiger partial charge < -0.3 is 13.9 Å². The Morgan fingerprint density at radius 1 is 0.694 bits per heavy atom. The van der Waals surface area contributed by atoms with Crippen LogP contribution in [0.4, 0.5) is 17.1 Å². The topological polar surface area (TPSA) is 21.3 Å². The maximum Gasteiger partial charge on any atom is 0.297 e. The van der Waals surface area contributed by atoms with E-state index >= 15 is 0 Å². The van der Waals surface area contributed by atoms with Gasteiger partial charge in [-0.15, -0.1) is 0 Å². The van der Waals surface area contributed by atoms with E-state index in [1.54, 1.807) is 5.56 Å². The fourth-order valence-electron chi connectivity index (χ4n) is 7.21. The Morgan fingerprint density at radius 3 is 2.42 bits per heavy atom. The lowest BCUT2D eigenvalue weighted by Gasteiger charge is -2.38. The molecule has 4 aromatic carbocycles. The second-order valence-electron chi connectivity index (χ2n) is 10.3. The predicted octanol–water partition coefficient (Wildman–Crippen LogP) is 5.87. The molecule has 3 aliphatic rings. The number of fused-ring (bicyclic) bond motifs is 9. The van der Waals surface area contributed by atoms with Gasteiger partial charge in [-0.1, -0.05) is 54.6 Å². The number of para-hydroxylation sites is 3. The molecule has 0 atom stereocenters. The van der Waals surface area contributed by atoms with Crippen LogP contribution in [0, 0.1) is 0 Å². The summed E-state index contributed by atoms with van der Waals surface area (Å²) in [7, 11) is 0. The van der Waals surface area contributed by atoms with Crippen LogP contribution in [0.15, 0.2) is 95.4 Å². The smallest absolute Gasteiger partial charge is 0.297 e. The number of benzene rings is 4. The van der Waals surface area contributed by atoms with Gasteiger partial charge in [-0.2, -0.15) is 0 Å². The second-order valence-corrected chi connectivity index (χ2v) is 10.3. The Morgan fingerprint density at radius 2 is 1.47 bits per heavy atom. The lowest BCUT2D eigenvalue weighted by Crippen LogP contribution is -2.60. The zero-order valence-corrected chi connectivity index (χ0v) is 19.9. The molecular formula is C32H23BN2O. The zero-order valence-electron chi connectivity index (χ0n) is 19.9. The van der Waals surface area contributed by atoms with E-state index in [1.807, 2.05) is 0 Å². The van der Waals surface area contributed by atoms with Gasteiger partial charge in [0.15, 0.2) is 0 Å². The molecule has 0 saturated heterocycles. The summed E-state index contributed by atoms with van der Waals surface area (Å²) < 4.78 is 9.39. The molecule has 9 rings (SSSR count). The summed E-state index contributed by atoms with van der Waals surface area (Å²) in [4.78, 5) is 2.43. The number of furan rings is 1. The van der Waals surface area contributed by atoms with Crippen molar-refractivity contribution in [2.75, 3.05) is 4.90 Å². The monoisotopic (exact) mass is 462 g/mol. The first-order chi connectivity index (χ1) is 17.9. The first-order valence-corrected chi connectivity index (χ1v) is 13.0. The van der Waals surface area contributed by atoms with Crippen molar-refractivity contribution in [1.29, 1.82) is 0 Å². The van der Waals surface area contributed by atoms with E-state index in [2.05, 4.69) is 100 Å². The summed E-state index contributed by atoms with van der Waals surface area (Å²) >= 11 is 0. The molecule has 0 N–H and O–H groups in total. The molecule has 0 saturated carbocycles. The van der Waals surface area contributed by atoms with Crippen LogP contribution in [0.25, 0.3) is 27.6 Å². The third kappa shape index (κ3) is 2.21. The largest absolute Gasteiger partial charge is 0.468 e. The molecule has 0 spiro atoms. The first kappa shape index (κ1) is 19.1. The quantitative estimate of drug-likeness (QED) is 0.285.